The van der Waals surface area contributed by atoms with Crippen molar-refractivity contribution in [2.24, 2.45) is 0 Å². The monoisotopic (exact) mass is 254 g/mol. The number of carbonyl (C=O) groups excluding carboxylic acids is 1. The third-order valence-electron chi connectivity index (χ3n) is 1.80. The van der Waals surface area contributed by atoms with Gasteiger partial charge >= 0.3 is 5.97 Å². The molecule has 0 amide bonds. The number of thiocarbonyl (C=S) groups is 1. The molecule has 0 saturated heterocycles. The standard InChI is InChI=1S/C12H14O2S2/c1-2-8-14-11(13)9-16-12(15)10-6-4-3-5-7-10/h3-7H,2,8-9H2,1H3. The highest BCUT2D eigenvalue weighted by atomic mass is 32.2. The van der Waals surface area contributed by atoms with E-state index in [9.17, 15) is 4.79 Å². The van der Waals surface area contributed by atoms with Gasteiger partial charge in [-0.25, -0.2) is 0 Å². The summed E-state index contributed by atoms with van der Waals surface area (Å²) in [4.78, 5) is 11.2. The zero-order valence-corrected chi connectivity index (χ0v) is 10.8. The SMILES string of the molecule is CCCOC(=O)CSC(=S)c1ccccc1. The van der Waals surface area contributed by atoms with E-state index in [1.165, 1.54) is 11.8 Å². The molecule has 0 fully saturated rings. The molecule has 0 bridgehead atoms. The summed E-state index contributed by atoms with van der Waals surface area (Å²) < 4.78 is 5.69. The Kier molecular flexibility index (Phi) is 6.11. The predicted molar refractivity (Wildman–Crippen MR) is 71.9 cm³/mol. The summed E-state index contributed by atoms with van der Waals surface area (Å²) in [5.74, 6) is 0.0819. The molecule has 0 aromatic heterocycles. The molecule has 16 heavy (non-hydrogen) atoms. The van der Waals surface area contributed by atoms with Crippen LogP contribution in [0.4, 0.5) is 0 Å². The Labute approximate surface area is 105 Å². The van der Waals surface area contributed by atoms with E-state index in [-0.39, 0.29) is 11.7 Å². The Bertz CT molecular complexity index is 349. The number of rotatable bonds is 5. The van der Waals surface area contributed by atoms with Gasteiger partial charge in [-0.1, -0.05) is 49.5 Å². The maximum absolute atomic E-state index is 11.2. The van der Waals surface area contributed by atoms with Crippen LogP contribution in [0, 0.1) is 0 Å². The van der Waals surface area contributed by atoms with Crippen molar-refractivity contribution in [3.8, 4) is 0 Å². The van der Waals surface area contributed by atoms with Crippen molar-refractivity contribution < 1.29 is 9.53 Å². The van der Waals surface area contributed by atoms with E-state index in [0.717, 1.165) is 16.2 Å². The van der Waals surface area contributed by atoms with Crippen LogP contribution < -0.4 is 0 Å². The first-order valence-corrected chi connectivity index (χ1v) is 6.51. The molecule has 0 spiro atoms. The second-order valence-electron chi connectivity index (χ2n) is 3.16. The van der Waals surface area contributed by atoms with E-state index < -0.39 is 0 Å². The van der Waals surface area contributed by atoms with Crippen LogP contribution in [0.5, 0.6) is 0 Å². The Morgan fingerprint density at radius 2 is 2.06 bits per heavy atom. The average Bonchev–Trinajstić information content (AvgIpc) is 2.34. The van der Waals surface area contributed by atoms with Crippen molar-refractivity contribution in [3.05, 3.63) is 35.9 Å². The molecule has 0 aliphatic rings. The van der Waals surface area contributed by atoms with Gasteiger partial charge in [-0.2, -0.15) is 0 Å². The molecule has 86 valence electrons. The topological polar surface area (TPSA) is 26.3 Å². The summed E-state index contributed by atoms with van der Waals surface area (Å²) in [5.41, 5.74) is 0.978. The summed E-state index contributed by atoms with van der Waals surface area (Å²) in [6.07, 6.45) is 0.847. The Balaban J connectivity index is 2.33. The van der Waals surface area contributed by atoms with Crippen molar-refractivity contribution in [2.45, 2.75) is 13.3 Å². The lowest BCUT2D eigenvalue weighted by molar-refractivity contribution is -0.140. The minimum Gasteiger partial charge on any atom is -0.465 e. The summed E-state index contributed by atoms with van der Waals surface area (Å²) in [6, 6.07) is 9.67. The van der Waals surface area contributed by atoms with Gasteiger partial charge < -0.3 is 4.74 Å². The molecule has 0 unspecified atom stereocenters. The minimum atomic E-state index is -0.204. The Hall–Kier alpha value is -0.870. The molecule has 1 aromatic carbocycles. The number of hydrogen-bond donors (Lipinski definition) is 0. The molecule has 0 atom stereocenters. The molecule has 4 heteroatoms. The van der Waals surface area contributed by atoms with Gasteiger partial charge in [0.25, 0.3) is 0 Å². The molecule has 2 nitrogen and oxygen atoms in total. The van der Waals surface area contributed by atoms with Crippen molar-refractivity contribution in [3.63, 3.8) is 0 Å². The lowest BCUT2D eigenvalue weighted by atomic mass is 10.2. The van der Waals surface area contributed by atoms with E-state index in [0.29, 0.717) is 6.61 Å². The summed E-state index contributed by atoms with van der Waals surface area (Å²) in [5, 5.41) is 0. The second-order valence-corrected chi connectivity index (χ2v) is 4.81. The number of benzene rings is 1. The van der Waals surface area contributed by atoms with Gasteiger partial charge in [0.05, 0.1) is 16.6 Å². The minimum absolute atomic E-state index is 0.204. The van der Waals surface area contributed by atoms with E-state index in [4.69, 9.17) is 17.0 Å². The fourth-order valence-electron chi connectivity index (χ4n) is 1.04. The third-order valence-corrected chi connectivity index (χ3v) is 3.26. The number of hydrogen-bond acceptors (Lipinski definition) is 4. The molecule has 1 rings (SSSR count). The van der Waals surface area contributed by atoms with Crippen LogP contribution >= 0.6 is 24.0 Å². The highest BCUT2D eigenvalue weighted by Gasteiger charge is 2.06. The van der Waals surface area contributed by atoms with Gasteiger partial charge in [-0.3, -0.25) is 4.79 Å². The normalized spacial score (nSPS) is 9.81. The predicted octanol–water partition coefficient (Wildman–Crippen LogP) is 3.05. The number of ether oxygens (including phenoxy) is 1. The molecular weight excluding hydrogens is 240 g/mol. The summed E-state index contributed by atoms with van der Waals surface area (Å²) >= 11 is 6.55. The third kappa shape index (κ3) is 4.77. The molecule has 0 radical (unpaired) electrons. The van der Waals surface area contributed by atoms with E-state index in [2.05, 4.69) is 0 Å². The maximum atomic E-state index is 11.2. The number of esters is 1. The van der Waals surface area contributed by atoms with E-state index >= 15 is 0 Å². The first-order chi connectivity index (χ1) is 7.74. The number of thioether (sulfide) groups is 1. The van der Waals surface area contributed by atoms with Gasteiger partial charge in [0.15, 0.2) is 0 Å². The molecule has 1 aromatic rings. The van der Waals surface area contributed by atoms with Crippen LogP contribution in [0.15, 0.2) is 30.3 Å². The quantitative estimate of drug-likeness (QED) is 0.596. The first kappa shape index (κ1) is 13.2. The zero-order chi connectivity index (χ0) is 11.8. The first-order valence-electron chi connectivity index (χ1n) is 5.12. The molecule has 0 aliphatic carbocycles. The second kappa shape index (κ2) is 7.41. The van der Waals surface area contributed by atoms with Crippen LogP contribution in [-0.2, 0) is 9.53 Å². The lowest BCUT2D eigenvalue weighted by Gasteiger charge is -2.04. The highest BCUT2D eigenvalue weighted by Crippen LogP contribution is 2.13. The van der Waals surface area contributed by atoms with Crippen molar-refractivity contribution in [1.82, 2.24) is 0 Å². The zero-order valence-electron chi connectivity index (χ0n) is 9.14. The Morgan fingerprint density at radius 3 is 2.69 bits per heavy atom. The lowest BCUT2D eigenvalue weighted by Crippen LogP contribution is -2.09. The van der Waals surface area contributed by atoms with Crippen molar-refractivity contribution in [1.29, 1.82) is 0 Å². The number of carbonyl (C=O) groups is 1. The van der Waals surface area contributed by atoms with Gasteiger partial charge in [0.1, 0.15) is 0 Å². The van der Waals surface area contributed by atoms with Crippen LogP contribution in [0.1, 0.15) is 18.9 Å². The fraction of sp³-hybridized carbons (Fsp3) is 0.333. The summed E-state index contributed by atoms with van der Waals surface area (Å²) in [6.45, 7) is 2.45. The van der Waals surface area contributed by atoms with Crippen LogP contribution in [0.3, 0.4) is 0 Å². The summed E-state index contributed by atoms with van der Waals surface area (Å²) in [7, 11) is 0. The Morgan fingerprint density at radius 1 is 1.38 bits per heavy atom. The molecule has 0 heterocycles. The fourth-order valence-corrected chi connectivity index (χ4v) is 1.99. The van der Waals surface area contributed by atoms with Gasteiger partial charge in [0, 0.05) is 0 Å². The average molecular weight is 254 g/mol. The van der Waals surface area contributed by atoms with E-state index in [1.807, 2.05) is 37.3 Å². The molecule has 0 N–H and O–H groups in total. The largest absolute Gasteiger partial charge is 0.465 e. The highest BCUT2D eigenvalue weighted by molar-refractivity contribution is 8.24. The van der Waals surface area contributed by atoms with E-state index in [1.54, 1.807) is 0 Å². The molecule has 0 aliphatic heterocycles. The molecule has 0 saturated carbocycles. The molecular formula is C12H14O2S2. The van der Waals surface area contributed by atoms with Crippen LogP contribution in [0.2, 0.25) is 0 Å². The van der Waals surface area contributed by atoms with Crippen molar-refractivity contribution >= 4 is 34.1 Å². The van der Waals surface area contributed by atoms with Crippen LogP contribution in [0.25, 0.3) is 0 Å². The van der Waals surface area contributed by atoms with Gasteiger partial charge in [0.2, 0.25) is 0 Å². The maximum Gasteiger partial charge on any atom is 0.316 e. The smallest absolute Gasteiger partial charge is 0.316 e. The van der Waals surface area contributed by atoms with Crippen LogP contribution in [-0.4, -0.2) is 22.5 Å². The van der Waals surface area contributed by atoms with Gasteiger partial charge in [-0.15, -0.1) is 11.8 Å². The van der Waals surface area contributed by atoms with Crippen molar-refractivity contribution in [2.75, 3.05) is 12.4 Å². The van der Waals surface area contributed by atoms with Gasteiger partial charge in [-0.05, 0) is 12.0 Å².